The van der Waals surface area contributed by atoms with Crippen molar-refractivity contribution in [1.82, 2.24) is 10.1 Å². The first kappa shape index (κ1) is 12.9. The van der Waals surface area contributed by atoms with E-state index in [0.717, 1.165) is 50.6 Å². The largest absolute Gasteiger partial charge is 0.360 e. The van der Waals surface area contributed by atoms with E-state index in [4.69, 9.17) is 4.52 Å². The lowest BCUT2D eigenvalue weighted by molar-refractivity contribution is -0.131. The van der Waals surface area contributed by atoms with E-state index in [1.54, 1.807) is 0 Å². The predicted octanol–water partition coefficient (Wildman–Crippen LogP) is 1.82. The van der Waals surface area contributed by atoms with Crippen molar-refractivity contribution in [3.8, 4) is 0 Å². The van der Waals surface area contributed by atoms with E-state index in [1.165, 1.54) is 0 Å². The van der Waals surface area contributed by atoms with Gasteiger partial charge in [0.15, 0.2) is 5.82 Å². The summed E-state index contributed by atoms with van der Waals surface area (Å²) in [6.45, 7) is 7.25. The molecule has 0 N–H and O–H groups in total. The normalized spacial score (nSPS) is 16.1. The Morgan fingerprint density at radius 3 is 2.67 bits per heavy atom. The van der Waals surface area contributed by atoms with Gasteiger partial charge in [0.05, 0.1) is 0 Å². The molecule has 0 atom stereocenters. The molecule has 0 aromatic carbocycles. The first-order chi connectivity index (χ1) is 8.70. The van der Waals surface area contributed by atoms with Gasteiger partial charge in [0.1, 0.15) is 5.76 Å². The van der Waals surface area contributed by atoms with Crippen LogP contribution in [0.15, 0.2) is 10.6 Å². The van der Waals surface area contributed by atoms with E-state index in [-0.39, 0.29) is 5.91 Å². The monoisotopic (exact) mass is 251 g/mol. The summed E-state index contributed by atoms with van der Waals surface area (Å²) in [6, 6.07) is 1.94. The van der Waals surface area contributed by atoms with Gasteiger partial charge in [-0.2, -0.15) is 0 Å². The van der Waals surface area contributed by atoms with Crippen molar-refractivity contribution in [3.05, 3.63) is 11.8 Å². The average molecular weight is 251 g/mol. The number of amides is 1. The highest BCUT2D eigenvalue weighted by atomic mass is 16.5. The molecule has 100 valence electrons. The molecule has 0 radical (unpaired) electrons. The molecule has 0 saturated carbocycles. The van der Waals surface area contributed by atoms with Gasteiger partial charge >= 0.3 is 0 Å². The smallest absolute Gasteiger partial charge is 0.222 e. The third kappa shape index (κ3) is 3.03. The highest BCUT2D eigenvalue weighted by Crippen LogP contribution is 2.16. The molecule has 1 aromatic rings. The van der Waals surface area contributed by atoms with Crippen molar-refractivity contribution >= 4 is 11.7 Å². The van der Waals surface area contributed by atoms with Gasteiger partial charge in [-0.05, 0) is 13.3 Å². The second-order valence-corrected chi connectivity index (χ2v) is 4.77. The number of piperazine rings is 1. The van der Waals surface area contributed by atoms with Crippen LogP contribution < -0.4 is 4.90 Å². The molecule has 2 rings (SSSR count). The fourth-order valence-electron chi connectivity index (χ4n) is 2.17. The molecule has 18 heavy (non-hydrogen) atoms. The maximum Gasteiger partial charge on any atom is 0.222 e. The molecule has 5 heteroatoms. The fourth-order valence-corrected chi connectivity index (χ4v) is 2.17. The predicted molar refractivity (Wildman–Crippen MR) is 69.6 cm³/mol. The quantitative estimate of drug-likeness (QED) is 0.819. The van der Waals surface area contributed by atoms with E-state index < -0.39 is 0 Å². The minimum atomic E-state index is 0.285. The number of aromatic nitrogens is 1. The standard InChI is InChI=1S/C13H21N3O2/c1-3-4-5-13(17)16-8-6-15(7-9-16)12-10-11(2)18-14-12/h10H,3-9H2,1-2H3. The van der Waals surface area contributed by atoms with E-state index in [0.29, 0.717) is 6.42 Å². The van der Waals surface area contributed by atoms with Crippen LogP contribution in [0.25, 0.3) is 0 Å². The van der Waals surface area contributed by atoms with Gasteiger partial charge in [-0.3, -0.25) is 4.79 Å². The van der Waals surface area contributed by atoms with Crippen molar-refractivity contribution in [2.45, 2.75) is 33.1 Å². The number of carbonyl (C=O) groups excluding carboxylic acids is 1. The Bertz CT molecular complexity index is 395. The number of nitrogens with zero attached hydrogens (tertiary/aromatic N) is 3. The number of anilines is 1. The zero-order valence-corrected chi connectivity index (χ0v) is 11.2. The topological polar surface area (TPSA) is 49.6 Å². The number of hydrogen-bond donors (Lipinski definition) is 0. The van der Waals surface area contributed by atoms with Crippen molar-refractivity contribution in [3.63, 3.8) is 0 Å². The Balaban J connectivity index is 1.82. The first-order valence-corrected chi connectivity index (χ1v) is 6.66. The number of carbonyl (C=O) groups is 1. The highest BCUT2D eigenvalue weighted by molar-refractivity contribution is 5.76. The van der Waals surface area contributed by atoms with Crippen LogP contribution in [0.2, 0.25) is 0 Å². The molecule has 1 amide bonds. The molecule has 1 saturated heterocycles. The fraction of sp³-hybridized carbons (Fsp3) is 0.692. The van der Waals surface area contributed by atoms with Crippen LogP contribution in [0.1, 0.15) is 31.9 Å². The minimum Gasteiger partial charge on any atom is -0.360 e. The van der Waals surface area contributed by atoms with Crippen LogP contribution in [-0.2, 0) is 4.79 Å². The molecule has 0 bridgehead atoms. The van der Waals surface area contributed by atoms with Crippen LogP contribution in [0.4, 0.5) is 5.82 Å². The lowest BCUT2D eigenvalue weighted by Gasteiger charge is -2.34. The Morgan fingerprint density at radius 1 is 1.39 bits per heavy atom. The van der Waals surface area contributed by atoms with Gasteiger partial charge in [0.2, 0.25) is 5.91 Å². The van der Waals surface area contributed by atoms with Crippen LogP contribution in [-0.4, -0.2) is 42.1 Å². The van der Waals surface area contributed by atoms with E-state index in [1.807, 2.05) is 17.9 Å². The summed E-state index contributed by atoms with van der Waals surface area (Å²) in [4.78, 5) is 16.0. The van der Waals surface area contributed by atoms with Gasteiger partial charge in [-0.25, -0.2) is 0 Å². The van der Waals surface area contributed by atoms with Gasteiger partial charge in [0, 0.05) is 38.7 Å². The van der Waals surface area contributed by atoms with Crippen LogP contribution in [0, 0.1) is 6.92 Å². The SMILES string of the molecule is CCCCC(=O)N1CCN(c2cc(C)on2)CC1. The van der Waals surface area contributed by atoms with Crippen molar-refractivity contribution in [2.24, 2.45) is 0 Å². The molecule has 0 unspecified atom stereocenters. The van der Waals surface area contributed by atoms with E-state index >= 15 is 0 Å². The van der Waals surface area contributed by atoms with Crippen molar-refractivity contribution < 1.29 is 9.32 Å². The maximum absolute atomic E-state index is 11.9. The molecule has 5 nitrogen and oxygen atoms in total. The number of unbranched alkanes of at least 4 members (excludes halogenated alkanes) is 1. The Morgan fingerprint density at radius 2 is 2.11 bits per heavy atom. The summed E-state index contributed by atoms with van der Waals surface area (Å²) in [7, 11) is 0. The van der Waals surface area contributed by atoms with Gasteiger partial charge in [-0.15, -0.1) is 0 Å². The molecule has 1 aliphatic rings. The molecule has 0 aliphatic carbocycles. The maximum atomic E-state index is 11.9. The molecule has 0 spiro atoms. The number of rotatable bonds is 4. The second-order valence-electron chi connectivity index (χ2n) is 4.77. The summed E-state index contributed by atoms with van der Waals surface area (Å²) >= 11 is 0. The first-order valence-electron chi connectivity index (χ1n) is 6.66. The third-order valence-corrected chi connectivity index (χ3v) is 3.32. The molecule has 1 aromatic heterocycles. The lowest BCUT2D eigenvalue weighted by atomic mass is 10.2. The summed E-state index contributed by atoms with van der Waals surface area (Å²) in [5.74, 6) is 1.99. The summed E-state index contributed by atoms with van der Waals surface area (Å²) in [6.07, 6.45) is 2.74. The molecule has 2 heterocycles. The number of hydrogen-bond acceptors (Lipinski definition) is 4. The van der Waals surface area contributed by atoms with Crippen LogP contribution >= 0.6 is 0 Å². The van der Waals surface area contributed by atoms with E-state index in [2.05, 4.69) is 17.0 Å². The lowest BCUT2D eigenvalue weighted by Crippen LogP contribution is -2.48. The molecular formula is C13H21N3O2. The van der Waals surface area contributed by atoms with Crippen molar-refractivity contribution in [1.29, 1.82) is 0 Å². The minimum absolute atomic E-state index is 0.285. The number of aryl methyl sites for hydroxylation is 1. The Labute approximate surface area is 108 Å². The average Bonchev–Trinajstić information content (AvgIpc) is 2.83. The summed E-state index contributed by atoms with van der Waals surface area (Å²) in [5.41, 5.74) is 0. The van der Waals surface area contributed by atoms with Gasteiger partial charge in [-0.1, -0.05) is 18.5 Å². The second kappa shape index (κ2) is 5.89. The Hall–Kier alpha value is -1.52. The molecule has 1 fully saturated rings. The van der Waals surface area contributed by atoms with Crippen LogP contribution in [0.3, 0.4) is 0 Å². The van der Waals surface area contributed by atoms with Gasteiger partial charge in [0.25, 0.3) is 0 Å². The molecular weight excluding hydrogens is 230 g/mol. The van der Waals surface area contributed by atoms with E-state index in [9.17, 15) is 4.79 Å². The summed E-state index contributed by atoms with van der Waals surface area (Å²) in [5, 5.41) is 4.01. The van der Waals surface area contributed by atoms with Crippen molar-refractivity contribution in [2.75, 3.05) is 31.1 Å². The van der Waals surface area contributed by atoms with Gasteiger partial charge < -0.3 is 14.3 Å². The Kier molecular flexibility index (Phi) is 4.23. The third-order valence-electron chi connectivity index (χ3n) is 3.32. The highest BCUT2D eigenvalue weighted by Gasteiger charge is 2.22. The zero-order valence-electron chi connectivity index (χ0n) is 11.2. The zero-order chi connectivity index (χ0) is 13.0. The summed E-state index contributed by atoms with van der Waals surface area (Å²) < 4.78 is 5.07. The van der Waals surface area contributed by atoms with Crippen LogP contribution in [0.5, 0.6) is 0 Å². The molecule has 1 aliphatic heterocycles.